The minimum atomic E-state index is -1.77. The lowest BCUT2D eigenvalue weighted by atomic mass is 10.1. The number of hydrogen-bond donors (Lipinski definition) is 0. The molecule has 0 heterocycles. The maximum Gasteiger partial charge on any atom is 0.193 e. The highest BCUT2D eigenvalue weighted by molar-refractivity contribution is 6.74. The summed E-state index contributed by atoms with van der Waals surface area (Å²) in [5.74, 6) is 2.81. The molecule has 0 radical (unpaired) electrons. The SMILES string of the molecule is C#C[C@@H](CCc1ccccc1)O[Si](C)(C)C(C)(C)C. The van der Waals surface area contributed by atoms with Crippen LogP contribution < -0.4 is 0 Å². The van der Waals surface area contributed by atoms with Gasteiger partial charge in [0.2, 0.25) is 0 Å². The van der Waals surface area contributed by atoms with Gasteiger partial charge in [-0.25, -0.2) is 0 Å². The molecule has 19 heavy (non-hydrogen) atoms. The molecule has 1 atom stereocenters. The third kappa shape index (κ3) is 4.85. The van der Waals surface area contributed by atoms with Gasteiger partial charge < -0.3 is 4.43 Å². The first-order valence-electron chi connectivity index (χ1n) is 6.94. The molecule has 2 heteroatoms. The van der Waals surface area contributed by atoms with E-state index in [2.05, 4.69) is 64.1 Å². The molecule has 1 aromatic carbocycles. The Morgan fingerprint density at radius 3 is 2.26 bits per heavy atom. The molecule has 0 spiro atoms. The predicted molar refractivity (Wildman–Crippen MR) is 85.7 cm³/mol. The standard InChI is InChI=1S/C17H26OSi/c1-7-16(18-19(5,6)17(2,3)4)14-13-15-11-9-8-10-12-15/h1,8-12,16H,13-14H2,2-6H3/t16-/m0/s1. The Bertz CT molecular complexity index is 423. The van der Waals surface area contributed by atoms with E-state index in [0.29, 0.717) is 0 Å². The monoisotopic (exact) mass is 274 g/mol. The first-order chi connectivity index (χ1) is 8.76. The number of benzene rings is 1. The van der Waals surface area contributed by atoms with Gasteiger partial charge in [0.15, 0.2) is 8.32 Å². The van der Waals surface area contributed by atoms with Crippen LogP contribution in [-0.2, 0) is 10.8 Å². The normalized spacial score (nSPS) is 13.9. The summed E-state index contributed by atoms with van der Waals surface area (Å²) in [5, 5.41) is 0.203. The van der Waals surface area contributed by atoms with Gasteiger partial charge in [-0.15, -0.1) is 6.42 Å². The Balaban J connectivity index is 2.59. The van der Waals surface area contributed by atoms with E-state index in [0.717, 1.165) is 12.8 Å². The van der Waals surface area contributed by atoms with E-state index in [4.69, 9.17) is 10.8 Å². The smallest absolute Gasteiger partial charge is 0.193 e. The Labute approximate surface area is 119 Å². The fraction of sp³-hybridized carbons (Fsp3) is 0.529. The molecule has 1 nitrogen and oxygen atoms in total. The molecule has 0 fully saturated rings. The van der Waals surface area contributed by atoms with Crippen molar-refractivity contribution < 1.29 is 4.43 Å². The Morgan fingerprint density at radius 1 is 1.21 bits per heavy atom. The van der Waals surface area contributed by atoms with Gasteiger partial charge in [0.1, 0.15) is 6.10 Å². The third-order valence-corrected chi connectivity index (χ3v) is 8.45. The van der Waals surface area contributed by atoms with E-state index in [1.807, 2.05) is 6.07 Å². The second kappa shape index (κ2) is 6.41. The fourth-order valence-electron chi connectivity index (χ4n) is 1.65. The zero-order chi connectivity index (χ0) is 14.5. The van der Waals surface area contributed by atoms with Gasteiger partial charge in [-0.05, 0) is 36.5 Å². The highest BCUT2D eigenvalue weighted by Gasteiger charge is 2.38. The summed E-state index contributed by atoms with van der Waals surface area (Å²) >= 11 is 0. The topological polar surface area (TPSA) is 9.23 Å². The first kappa shape index (κ1) is 16.0. The summed E-state index contributed by atoms with van der Waals surface area (Å²) in [4.78, 5) is 0. The molecule has 0 bridgehead atoms. The molecule has 0 amide bonds. The lowest BCUT2D eigenvalue weighted by Gasteiger charge is -2.38. The zero-order valence-electron chi connectivity index (χ0n) is 12.9. The van der Waals surface area contributed by atoms with Crippen LogP contribution in [0.4, 0.5) is 0 Å². The molecule has 0 saturated heterocycles. The maximum absolute atomic E-state index is 6.28. The minimum absolute atomic E-state index is 0.0684. The van der Waals surface area contributed by atoms with Crippen LogP contribution in [-0.4, -0.2) is 14.4 Å². The highest BCUT2D eigenvalue weighted by atomic mass is 28.4. The minimum Gasteiger partial charge on any atom is -0.403 e. The Hall–Kier alpha value is -1.04. The van der Waals surface area contributed by atoms with Crippen LogP contribution in [0.5, 0.6) is 0 Å². The van der Waals surface area contributed by atoms with Crippen molar-refractivity contribution in [3.63, 3.8) is 0 Å². The average molecular weight is 274 g/mol. The highest BCUT2D eigenvalue weighted by Crippen LogP contribution is 2.37. The number of aryl methyl sites for hydroxylation is 1. The van der Waals surface area contributed by atoms with E-state index < -0.39 is 8.32 Å². The van der Waals surface area contributed by atoms with Gasteiger partial charge in [-0.2, -0.15) is 0 Å². The van der Waals surface area contributed by atoms with Gasteiger partial charge >= 0.3 is 0 Å². The Kier molecular flexibility index (Phi) is 5.40. The van der Waals surface area contributed by atoms with Gasteiger partial charge in [0, 0.05) is 0 Å². The Morgan fingerprint density at radius 2 is 1.79 bits per heavy atom. The molecule has 1 rings (SSSR count). The predicted octanol–water partition coefficient (Wildman–Crippen LogP) is 4.64. The van der Waals surface area contributed by atoms with Crippen LogP contribution in [0.3, 0.4) is 0 Å². The molecule has 0 N–H and O–H groups in total. The first-order valence-corrected chi connectivity index (χ1v) is 9.85. The molecular formula is C17H26OSi. The molecule has 0 aromatic heterocycles. The van der Waals surface area contributed by atoms with Crippen molar-refractivity contribution >= 4 is 8.32 Å². The fourth-order valence-corrected chi connectivity index (χ4v) is 2.90. The van der Waals surface area contributed by atoms with Gasteiger partial charge in [0.25, 0.3) is 0 Å². The lowest BCUT2D eigenvalue weighted by molar-refractivity contribution is 0.224. The van der Waals surface area contributed by atoms with Gasteiger partial charge in [0.05, 0.1) is 0 Å². The molecule has 0 aliphatic rings. The van der Waals surface area contributed by atoms with E-state index in [1.165, 1.54) is 5.56 Å². The quantitative estimate of drug-likeness (QED) is 0.561. The molecule has 104 valence electrons. The molecule has 0 aliphatic heterocycles. The van der Waals surface area contributed by atoms with Crippen molar-refractivity contribution in [2.45, 2.75) is 57.8 Å². The summed E-state index contributed by atoms with van der Waals surface area (Å²) in [6.45, 7) is 11.2. The van der Waals surface area contributed by atoms with E-state index >= 15 is 0 Å². The van der Waals surface area contributed by atoms with Crippen molar-refractivity contribution in [2.24, 2.45) is 0 Å². The van der Waals surface area contributed by atoms with Crippen LogP contribution >= 0.6 is 0 Å². The zero-order valence-corrected chi connectivity index (χ0v) is 13.9. The van der Waals surface area contributed by atoms with E-state index in [-0.39, 0.29) is 11.1 Å². The van der Waals surface area contributed by atoms with Crippen LogP contribution in [0.2, 0.25) is 18.1 Å². The second-order valence-corrected chi connectivity index (χ2v) is 11.3. The van der Waals surface area contributed by atoms with Crippen molar-refractivity contribution in [2.75, 3.05) is 0 Å². The summed E-state index contributed by atoms with van der Waals surface area (Å²) in [5.41, 5.74) is 1.32. The van der Waals surface area contributed by atoms with E-state index in [9.17, 15) is 0 Å². The number of rotatable bonds is 5. The summed E-state index contributed by atoms with van der Waals surface area (Å²) in [7, 11) is -1.77. The summed E-state index contributed by atoms with van der Waals surface area (Å²) in [6.07, 6.45) is 7.44. The van der Waals surface area contributed by atoms with Crippen LogP contribution in [0.1, 0.15) is 32.8 Å². The van der Waals surface area contributed by atoms with E-state index in [1.54, 1.807) is 0 Å². The van der Waals surface area contributed by atoms with Crippen LogP contribution in [0.25, 0.3) is 0 Å². The molecule has 0 saturated carbocycles. The average Bonchev–Trinajstić information content (AvgIpc) is 2.34. The molecular weight excluding hydrogens is 248 g/mol. The van der Waals surface area contributed by atoms with Crippen LogP contribution in [0, 0.1) is 12.3 Å². The van der Waals surface area contributed by atoms with Gasteiger partial charge in [-0.3, -0.25) is 0 Å². The second-order valence-electron chi connectivity index (χ2n) is 6.56. The molecule has 0 unspecified atom stereocenters. The largest absolute Gasteiger partial charge is 0.403 e. The van der Waals surface area contributed by atoms with Crippen molar-refractivity contribution in [3.05, 3.63) is 35.9 Å². The van der Waals surface area contributed by atoms with Crippen molar-refractivity contribution in [1.82, 2.24) is 0 Å². The van der Waals surface area contributed by atoms with Crippen LogP contribution in [0.15, 0.2) is 30.3 Å². The summed E-state index contributed by atoms with van der Waals surface area (Å²) in [6, 6.07) is 10.4. The van der Waals surface area contributed by atoms with Crippen molar-refractivity contribution in [1.29, 1.82) is 0 Å². The number of terminal acetylenes is 1. The summed E-state index contributed by atoms with van der Waals surface area (Å²) < 4.78 is 6.28. The molecule has 0 aliphatic carbocycles. The van der Waals surface area contributed by atoms with Crippen molar-refractivity contribution in [3.8, 4) is 12.3 Å². The molecule has 1 aromatic rings. The lowest BCUT2D eigenvalue weighted by Crippen LogP contribution is -2.43. The van der Waals surface area contributed by atoms with Gasteiger partial charge in [-0.1, -0.05) is 57.0 Å². The number of hydrogen-bond acceptors (Lipinski definition) is 1. The third-order valence-electron chi connectivity index (χ3n) is 3.97. The maximum atomic E-state index is 6.28.